The molecule has 12 nitrogen and oxygen atoms in total. The number of pyridine rings is 2. The zero-order valence-electron chi connectivity index (χ0n) is 22.3. The average molecular weight is 559 g/mol. The van der Waals surface area contributed by atoms with Gasteiger partial charge in [0.1, 0.15) is 6.17 Å². The molecule has 3 saturated heterocycles. The van der Waals surface area contributed by atoms with Crippen LogP contribution < -0.4 is 10.2 Å². The number of halogens is 1. The van der Waals surface area contributed by atoms with Gasteiger partial charge in [-0.15, -0.1) is 0 Å². The van der Waals surface area contributed by atoms with Crippen LogP contribution in [0.15, 0.2) is 41.3 Å². The van der Waals surface area contributed by atoms with Crippen molar-refractivity contribution in [3.8, 4) is 11.4 Å². The molecule has 1 spiro atoms. The zero-order chi connectivity index (χ0) is 27.9. The minimum absolute atomic E-state index is 0.0843. The Morgan fingerprint density at radius 2 is 1.98 bits per heavy atom. The highest BCUT2D eigenvalue weighted by atomic mass is 19.1. The number of likely N-dealkylation sites (tertiary alicyclic amines) is 1. The first kappa shape index (κ1) is 24.4. The highest BCUT2D eigenvalue weighted by Crippen LogP contribution is 2.41. The van der Waals surface area contributed by atoms with Crippen molar-refractivity contribution in [3.05, 3.63) is 53.9 Å². The summed E-state index contributed by atoms with van der Waals surface area (Å²) in [4.78, 5) is 38.4. The summed E-state index contributed by atoms with van der Waals surface area (Å²) in [6, 6.07) is 5.76. The van der Waals surface area contributed by atoms with Gasteiger partial charge in [-0.3, -0.25) is 14.6 Å². The van der Waals surface area contributed by atoms with Crippen LogP contribution in [0.1, 0.15) is 34.3 Å². The van der Waals surface area contributed by atoms with Gasteiger partial charge >= 0.3 is 0 Å². The van der Waals surface area contributed by atoms with Crippen LogP contribution in [0.5, 0.6) is 0 Å². The van der Waals surface area contributed by atoms with Crippen molar-refractivity contribution in [3.63, 3.8) is 0 Å². The van der Waals surface area contributed by atoms with Crippen LogP contribution in [-0.4, -0.2) is 87.0 Å². The van der Waals surface area contributed by atoms with E-state index in [0.29, 0.717) is 59.3 Å². The third kappa shape index (κ3) is 4.05. The Labute approximate surface area is 233 Å². The van der Waals surface area contributed by atoms with E-state index < -0.39 is 12.1 Å². The number of amides is 2. The first-order chi connectivity index (χ1) is 19.9. The molecule has 41 heavy (non-hydrogen) atoms. The van der Waals surface area contributed by atoms with Crippen LogP contribution in [0, 0.1) is 18.3 Å². The number of aryl methyl sites for hydroxylation is 1. The molecule has 4 aliphatic rings. The van der Waals surface area contributed by atoms with Gasteiger partial charge in [0, 0.05) is 49.8 Å². The lowest BCUT2D eigenvalue weighted by atomic mass is 9.78. The fourth-order valence-corrected chi connectivity index (χ4v) is 5.82. The molecule has 0 bridgehead atoms. The van der Waals surface area contributed by atoms with Gasteiger partial charge in [0.25, 0.3) is 5.91 Å². The van der Waals surface area contributed by atoms with Crippen LogP contribution in [0.2, 0.25) is 0 Å². The molecule has 0 radical (unpaired) electrons. The Morgan fingerprint density at radius 1 is 1.17 bits per heavy atom. The Morgan fingerprint density at radius 3 is 2.71 bits per heavy atom. The molecule has 2 atom stereocenters. The molecule has 0 unspecified atom stereocenters. The maximum atomic E-state index is 13.4. The van der Waals surface area contributed by atoms with Crippen molar-refractivity contribution < 1.29 is 23.2 Å². The number of carbonyl (C=O) groups is 2. The van der Waals surface area contributed by atoms with Gasteiger partial charge in [0.2, 0.25) is 17.6 Å². The number of aromatic nitrogens is 5. The molecule has 1 saturated carbocycles. The quantitative estimate of drug-likeness (QED) is 0.379. The summed E-state index contributed by atoms with van der Waals surface area (Å²) >= 11 is 0. The van der Waals surface area contributed by atoms with E-state index in [1.54, 1.807) is 34.8 Å². The number of nitrogens with zero attached hydrogens (tertiary/aromatic N) is 7. The molecule has 4 fully saturated rings. The minimum atomic E-state index is -1.01. The molecule has 2 amide bonds. The van der Waals surface area contributed by atoms with E-state index in [1.807, 2.05) is 18.3 Å². The minimum Gasteiger partial charge on any atom is -0.380 e. The van der Waals surface area contributed by atoms with Crippen molar-refractivity contribution in [1.29, 1.82) is 0 Å². The number of hydrogen-bond acceptors (Lipinski definition) is 9. The summed E-state index contributed by atoms with van der Waals surface area (Å²) in [7, 11) is 0. The van der Waals surface area contributed by atoms with E-state index in [1.165, 1.54) is 0 Å². The second-order valence-corrected chi connectivity index (χ2v) is 11.7. The van der Waals surface area contributed by atoms with E-state index in [2.05, 4.69) is 30.4 Å². The molecular formula is C28H27FN8O4. The van der Waals surface area contributed by atoms with Crippen LogP contribution in [0.25, 0.3) is 16.9 Å². The van der Waals surface area contributed by atoms with Gasteiger partial charge in [-0.25, -0.2) is 8.91 Å². The lowest BCUT2D eigenvalue weighted by Crippen LogP contribution is -2.66. The predicted molar refractivity (Wildman–Crippen MR) is 143 cm³/mol. The Kier molecular flexibility index (Phi) is 5.24. The molecule has 1 aliphatic carbocycles. The van der Waals surface area contributed by atoms with Crippen molar-refractivity contribution >= 4 is 28.7 Å². The Bertz CT molecular complexity index is 1700. The number of hydrogen-bond donors (Lipinski definition) is 1. The zero-order valence-corrected chi connectivity index (χ0v) is 22.3. The number of ether oxygens (including phenoxy) is 1. The number of alkyl halides is 1. The van der Waals surface area contributed by atoms with Crippen molar-refractivity contribution in [2.45, 2.75) is 25.4 Å². The fourth-order valence-electron chi connectivity index (χ4n) is 5.82. The molecule has 13 heteroatoms. The van der Waals surface area contributed by atoms with Crippen molar-refractivity contribution in [1.82, 2.24) is 29.6 Å². The maximum Gasteiger partial charge on any atom is 0.259 e. The third-order valence-corrected chi connectivity index (χ3v) is 8.59. The second-order valence-electron chi connectivity index (χ2n) is 11.7. The number of rotatable bonds is 6. The summed E-state index contributed by atoms with van der Waals surface area (Å²) in [5.74, 6) is -0.257. The molecular weight excluding hydrogens is 531 g/mol. The van der Waals surface area contributed by atoms with Crippen LogP contribution >= 0.6 is 0 Å². The van der Waals surface area contributed by atoms with Gasteiger partial charge in [0.05, 0.1) is 59.1 Å². The van der Waals surface area contributed by atoms with Gasteiger partial charge in [-0.1, -0.05) is 5.16 Å². The molecule has 0 aromatic carbocycles. The van der Waals surface area contributed by atoms with E-state index >= 15 is 0 Å². The van der Waals surface area contributed by atoms with Crippen LogP contribution in [-0.2, 0) is 9.53 Å². The van der Waals surface area contributed by atoms with E-state index in [4.69, 9.17) is 9.26 Å². The Balaban J connectivity index is 0.969. The molecule has 4 aromatic rings. The van der Waals surface area contributed by atoms with Gasteiger partial charge < -0.3 is 24.4 Å². The number of nitrogens with one attached hydrogen (secondary N) is 1. The molecule has 3 aliphatic heterocycles. The van der Waals surface area contributed by atoms with Gasteiger partial charge in [-0.2, -0.15) is 10.1 Å². The summed E-state index contributed by atoms with van der Waals surface area (Å²) in [6.07, 6.45) is 4.36. The highest BCUT2D eigenvalue weighted by molar-refractivity contribution is 6.09. The van der Waals surface area contributed by atoms with Crippen LogP contribution in [0.3, 0.4) is 0 Å². The van der Waals surface area contributed by atoms with Crippen molar-refractivity contribution in [2.24, 2.45) is 11.3 Å². The first-order valence-electron chi connectivity index (χ1n) is 13.7. The normalized spacial score (nSPS) is 22.8. The number of fused-ring (bicyclic) bond motifs is 1. The lowest BCUT2D eigenvalue weighted by molar-refractivity contribution is -0.137. The van der Waals surface area contributed by atoms with E-state index in [0.717, 1.165) is 32.0 Å². The van der Waals surface area contributed by atoms with Gasteiger partial charge in [-0.05, 0) is 31.5 Å². The van der Waals surface area contributed by atoms with Gasteiger partial charge in [0.15, 0.2) is 0 Å². The standard InChI is InChI=1S/C28H27FN8O4/c1-15-22(4-16(7-30-15)24-33-26(41-34-24)17-9-35(10-17)27(39)19-6-21(19)29)32-25(38)20-8-31-37-3-2-18(5-23(20)37)36-11-28(12-36)13-40-14-28/h2-5,7-8,17,19,21H,6,9-14H2,1H3,(H,32,38)/t19-,21-/m0/s1. The number of carbonyl (C=O) groups excluding carboxylic acids is 2. The number of anilines is 2. The van der Waals surface area contributed by atoms with Crippen molar-refractivity contribution in [2.75, 3.05) is 49.6 Å². The first-order valence-corrected chi connectivity index (χ1v) is 13.7. The SMILES string of the molecule is Cc1ncc(-c2noc(C3CN(C(=O)[C@H]4C[C@@H]4F)C3)n2)cc1NC(=O)c1cnn2ccc(N3CC4(COC4)C3)cc12. The molecule has 8 rings (SSSR count). The lowest BCUT2D eigenvalue weighted by Gasteiger charge is -2.56. The van der Waals surface area contributed by atoms with E-state index in [9.17, 15) is 14.0 Å². The highest BCUT2D eigenvalue weighted by Gasteiger charge is 2.50. The fraction of sp³-hybridized carbons (Fsp3) is 0.429. The Hall–Kier alpha value is -4.39. The summed E-state index contributed by atoms with van der Waals surface area (Å²) in [5, 5.41) is 11.4. The van der Waals surface area contributed by atoms with E-state index in [-0.39, 0.29) is 23.1 Å². The largest absolute Gasteiger partial charge is 0.380 e. The predicted octanol–water partition coefficient (Wildman–Crippen LogP) is 2.46. The topological polar surface area (TPSA) is 131 Å². The third-order valence-electron chi connectivity index (χ3n) is 8.59. The maximum absolute atomic E-state index is 13.4. The van der Waals surface area contributed by atoms with Crippen LogP contribution in [0.4, 0.5) is 15.8 Å². The monoisotopic (exact) mass is 558 g/mol. The second kappa shape index (κ2) is 8.80. The molecule has 1 N–H and O–H groups in total. The molecule has 210 valence electrons. The molecule has 7 heterocycles. The summed E-state index contributed by atoms with van der Waals surface area (Å²) in [5.41, 5.74) is 4.25. The summed E-state index contributed by atoms with van der Waals surface area (Å²) < 4.78 is 25.8. The smallest absolute Gasteiger partial charge is 0.259 e. The average Bonchev–Trinajstić information content (AvgIpc) is 3.24. The summed E-state index contributed by atoms with van der Waals surface area (Å²) in [6.45, 7) is 6.20. The molecule has 4 aromatic heterocycles.